The van der Waals surface area contributed by atoms with Crippen molar-refractivity contribution in [1.29, 1.82) is 0 Å². The number of carbonyl (C=O) groups is 1. The fourth-order valence-electron chi connectivity index (χ4n) is 5.18. The molecule has 1 fully saturated rings. The highest BCUT2D eigenvalue weighted by molar-refractivity contribution is 6.30. The first-order chi connectivity index (χ1) is 17.5. The Kier molecular flexibility index (Phi) is 7.09. The Hall–Kier alpha value is -3.20. The van der Waals surface area contributed by atoms with Crippen LogP contribution in [-0.4, -0.2) is 70.1 Å². The largest absolute Gasteiger partial charge is 0.338 e. The molecule has 3 aromatic rings. The second-order valence-corrected chi connectivity index (χ2v) is 9.85. The Morgan fingerprint density at radius 2 is 2.00 bits per heavy atom. The lowest BCUT2D eigenvalue weighted by Crippen LogP contribution is -2.46. The van der Waals surface area contributed by atoms with Crippen LogP contribution in [0.15, 0.2) is 49.1 Å². The molecule has 0 saturated carbocycles. The number of halogens is 1. The minimum absolute atomic E-state index is 0.0208. The van der Waals surface area contributed by atoms with Crippen molar-refractivity contribution < 1.29 is 4.79 Å². The number of piperazine rings is 1. The van der Waals surface area contributed by atoms with Crippen molar-refractivity contribution in [3.05, 3.63) is 82.2 Å². The van der Waals surface area contributed by atoms with Crippen LogP contribution in [0.5, 0.6) is 0 Å². The maximum atomic E-state index is 12.8. The highest BCUT2D eigenvalue weighted by Gasteiger charge is 2.35. The van der Waals surface area contributed by atoms with E-state index in [2.05, 4.69) is 50.7 Å². The molecule has 5 rings (SSSR count). The van der Waals surface area contributed by atoms with E-state index in [1.54, 1.807) is 12.5 Å². The number of hydrogen-bond donors (Lipinski definition) is 2. The Bertz CT molecular complexity index is 1280. The van der Waals surface area contributed by atoms with Crippen LogP contribution in [0.25, 0.3) is 11.6 Å². The molecule has 2 aliphatic rings. The first kappa shape index (κ1) is 24.5. The fourth-order valence-corrected chi connectivity index (χ4v) is 5.35. The summed E-state index contributed by atoms with van der Waals surface area (Å²) < 4.78 is 1.94. The second-order valence-electron chi connectivity index (χ2n) is 9.42. The molecule has 9 heteroatoms. The molecule has 0 bridgehead atoms. The van der Waals surface area contributed by atoms with Crippen LogP contribution in [0.3, 0.4) is 0 Å². The Balaban J connectivity index is 1.71. The van der Waals surface area contributed by atoms with Gasteiger partial charge in [0.1, 0.15) is 0 Å². The molecular weight excluding hydrogens is 474 g/mol. The number of fused-ring (bicyclic) bond motifs is 2. The highest BCUT2D eigenvalue weighted by atomic mass is 35.5. The molecule has 1 unspecified atom stereocenters. The summed E-state index contributed by atoms with van der Waals surface area (Å²) in [6.07, 6.45) is 7.56. The number of urea groups is 1. The summed E-state index contributed by atoms with van der Waals surface area (Å²) in [5, 5.41) is 6.71. The lowest BCUT2D eigenvalue weighted by Gasteiger charge is -2.38. The van der Waals surface area contributed by atoms with Crippen LogP contribution < -0.4 is 10.6 Å². The predicted molar refractivity (Wildman–Crippen MR) is 143 cm³/mol. The number of pyridine rings is 1. The van der Waals surface area contributed by atoms with E-state index in [9.17, 15) is 4.79 Å². The number of benzene rings is 1. The van der Waals surface area contributed by atoms with Crippen molar-refractivity contribution in [2.75, 3.05) is 39.8 Å². The van der Waals surface area contributed by atoms with Crippen LogP contribution in [0.1, 0.15) is 47.1 Å². The smallest absolute Gasteiger partial charge is 0.315 e. The number of imidazole rings is 1. The zero-order valence-electron chi connectivity index (χ0n) is 20.9. The van der Waals surface area contributed by atoms with E-state index in [1.165, 1.54) is 0 Å². The molecule has 2 aromatic heterocycles. The molecule has 2 amide bonds. The molecule has 2 N–H and O–H groups in total. The minimum atomic E-state index is -0.444. The second kappa shape index (κ2) is 10.4. The number of hydrogen-bond acceptors (Lipinski definition) is 5. The van der Waals surface area contributed by atoms with Gasteiger partial charge in [0.05, 0.1) is 36.0 Å². The average Bonchev–Trinajstić information content (AvgIpc) is 3.23. The lowest BCUT2D eigenvalue weighted by molar-refractivity contribution is 0.125. The molecule has 1 saturated heterocycles. The predicted octanol–water partition coefficient (Wildman–Crippen LogP) is 3.72. The number of nitrogens with one attached hydrogen (secondary N) is 2. The van der Waals surface area contributed by atoms with Crippen molar-refractivity contribution in [3.8, 4) is 0 Å². The summed E-state index contributed by atoms with van der Waals surface area (Å²) in [5.41, 5.74) is 6.02. The van der Waals surface area contributed by atoms with Crippen LogP contribution in [0.4, 0.5) is 4.79 Å². The van der Waals surface area contributed by atoms with Crippen LogP contribution in [0, 0.1) is 0 Å². The van der Waals surface area contributed by atoms with E-state index in [0.717, 1.165) is 59.8 Å². The number of carbonyl (C=O) groups excluding carboxylic acids is 1. The SMILES string of the molecule is CCNC(=O)NC(C1=Cc2cccnc2[C@@H](N2CCN(C)CC2)c2ccc(Cl)cc21)c1cncn1C. The average molecular weight is 506 g/mol. The van der Waals surface area contributed by atoms with Gasteiger partial charge < -0.3 is 20.1 Å². The van der Waals surface area contributed by atoms with Crippen molar-refractivity contribution in [2.45, 2.75) is 19.0 Å². The summed E-state index contributed by atoms with van der Waals surface area (Å²) in [4.78, 5) is 26.9. The van der Waals surface area contributed by atoms with Crippen molar-refractivity contribution in [1.82, 2.24) is 35.0 Å². The van der Waals surface area contributed by atoms with Gasteiger partial charge in [-0.2, -0.15) is 0 Å². The monoisotopic (exact) mass is 505 g/mol. The van der Waals surface area contributed by atoms with Gasteiger partial charge in [-0.15, -0.1) is 0 Å². The zero-order chi connectivity index (χ0) is 25.2. The lowest BCUT2D eigenvalue weighted by atomic mass is 9.90. The van der Waals surface area contributed by atoms with E-state index in [1.807, 2.05) is 42.9 Å². The number of likely N-dealkylation sites (N-methyl/N-ethyl adjacent to an activating group) is 1. The zero-order valence-corrected chi connectivity index (χ0v) is 21.7. The Labute approximate surface area is 217 Å². The maximum absolute atomic E-state index is 12.8. The van der Waals surface area contributed by atoms with Gasteiger partial charge in [0.2, 0.25) is 0 Å². The fraction of sp³-hybridized carbons (Fsp3) is 0.370. The number of rotatable bonds is 5. The third kappa shape index (κ3) is 4.76. The molecule has 8 nitrogen and oxygen atoms in total. The molecule has 1 aliphatic heterocycles. The highest BCUT2D eigenvalue weighted by Crippen LogP contribution is 2.44. The molecule has 0 spiro atoms. The first-order valence-electron chi connectivity index (χ1n) is 12.4. The van der Waals surface area contributed by atoms with Crippen LogP contribution >= 0.6 is 11.6 Å². The third-order valence-electron chi connectivity index (χ3n) is 7.04. The molecule has 1 aliphatic carbocycles. The molecule has 3 heterocycles. The summed E-state index contributed by atoms with van der Waals surface area (Å²) in [7, 11) is 4.10. The molecule has 1 aromatic carbocycles. The molecule has 188 valence electrons. The number of nitrogens with zero attached hydrogens (tertiary/aromatic N) is 5. The first-order valence-corrected chi connectivity index (χ1v) is 12.7. The van der Waals surface area contributed by atoms with E-state index >= 15 is 0 Å². The van der Waals surface area contributed by atoms with E-state index in [-0.39, 0.29) is 12.1 Å². The Morgan fingerprint density at radius 3 is 2.72 bits per heavy atom. The summed E-state index contributed by atoms with van der Waals surface area (Å²) >= 11 is 6.60. The number of aryl methyl sites for hydroxylation is 1. The quantitative estimate of drug-likeness (QED) is 0.552. The van der Waals surface area contributed by atoms with Crippen molar-refractivity contribution in [3.63, 3.8) is 0 Å². The van der Waals surface area contributed by atoms with E-state index < -0.39 is 6.04 Å². The van der Waals surface area contributed by atoms with E-state index in [0.29, 0.717) is 11.6 Å². The van der Waals surface area contributed by atoms with Crippen molar-refractivity contribution in [2.24, 2.45) is 7.05 Å². The van der Waals surface area contributed by atoms with Gasteiger partial charge >= 0.3 is 6.03 Å². The van der Waals surface area contributed by atoms with Gasteiger partial charge in [-0.3, -0.25) is 9.88 Å². The van der Waals surface area contributed by atoms with Gasteiger partial charge in [0.25, 0.3) is 0 Å². The van der Waals surface area contributed by atoms with Gasteiger partial charge in [0, 0.05) is 51.0 Å². The standard InChI is InChI=1S/C27H32ClN7O/c1-4-30-27(36)32-25(23-16-29-17-34(23)3)22-14-18-6-5-9-31-24(18)26(35-12-10-33(2)11-13-35)20-8-7-19(28)15-21(20)22/h5-9,14-17,25-26H,4,10-13H2,1-3H3,(H2,30,32,36)/t25?,26-/m0/s1. The van der Waals surface area contributed by atoms with Gasteiger partial charge in [-0.05, 0) is 60.5 Å². The summed E-state index contributed by atoms with van der Waals surface area (Å²) in [5.74, 6) is 0. The number of amides is 2. The van der Waals surface area contributed by atoms with Crippen LogP contribution in [0.2, 0.25) is 5.02 Å². The molecule has 0 radical (unpaired) electrons. The topological polar surface area (TPSA) is 78.3 Å². The summed E-state index contributed by atoms with van der Waals surface area (Å²) in [6, 6.07) is 9.45. The third-order valence-corrected chi connectivity index (χ3v) is 7.27. The van der Waals surface area contributed by atoms with Crippen molar-refractivity contribution >= 4 is 29.3 Å². The minimum Gasteiger partial charge on any atom is -0.338 e. The molecule has 36 heavy (non-hydrogen) atoms. The van der Waals surface area contributed by atoms with Gasteiger partial charge in [0.15, 0.2) is 0 Å². The normalized spacial score (nSPS) is 19.0. The molecular formula is C27H32ClN7O. The number of aromatic nitrogens is 3. The maximum Gasteiger partial charge on any atom is 0.315 e. The summed E-state index contributed by atoms with van der Waals surface area (Å²) in [6.45, 7) is 6.31. The van der Waals surface area contributed by atoms with E-state index in [4.69, 9.17) is 16.6 Å². The molecule has 2 atom stereocenters. The van der Waals surface area contributed by atoms with Crippen LogP contribution in [-0.2, 0) is 7.05 Å². The van der Waals surface area contributed by atoms with Gasteiger partial charge in [-0.25, -0.2) is 9.78 Å². The van der Waals surface area contributed by atoms with Gasteiger partial charge in [-0.1, -0.05) is 23.7 Å². The Morgan fingerprint density at radius 1 is 1.19 bits per heavy atom.